The number of nitriles is 3. The highest BCUT2D eigenvalue weighted by Crippen LogP contribution is 2.38. The Morgan fingerprint density at radius 2 is 0.387 bits per heavy atom. The maximum absolute atomic E-state index is 13.5. The molecule has 450 valence electrons. The molecule has 6 nitrogen and oxygen atoms in total. The first kappa shape index (κ1) is 63.3. The van der Waals surface area contributed by atoms with Crippen LogP contribution in [0.5, 0.6) is 0 Å². The van der Waals surface area contributed by atoms with Gasteiger partial charge in [0, 0.05) is 69.4 Å². The van der Waals surface area contributed by atoms with Crippen LogP contribution in [0, 0.1) is 68.9 Å². The van der Waals surface area contributed by atoms with Crippen molar-refractivity contribution in [2.45, 2.75) is 0 Å². The van der Waals surface area contributed by atoms with Crippen LogP contribution in [-0.2, 0) is 0 Å². The molecule has 12 aromatic carbocycles. The molecular weight excluding hydrogens is 1170 g/mol. The van der Waals surface area contributed by atoms with Crippen molar-refractivity contribution >= 4 is 86.1 Å². The summed E-state index contributed by atoms with van der Waals surface area (Å²) in [5, 5.41) is 28.5. The van der Waals surface area contributed by atoms with Gasteiger partial charge in [-0.15, -0.1) is 0 Å². The van der Waals surface area contributed by atoms with Crippen LogP contribution in [0.15, 0.2) is 309 Å². The predicted octanol–water partition coefficient (Wildman–Crippen LogP) is 22.5. The number of halogens is 6. The summed E-state index contributed by atoms with van der Waals surface area (Å²) in [5.74, 6) is -4.29. The Morgan fingerprint density at radius 1 is 0.226 bits per heavy atom. The highest BCUT2D eigenvalue weighted by Gasteiger charge is 2.16. The molecule has 0 N–H and O–H groups in total. The van der Waals surface area contributed by atoms with E-state index >= 15 is 0 Å². The first-order valence-corrected chi connectivity index (χ1v) is 29.2. The Hall–Kier alpha value is -12.7. The molecular formula is C81H54F6N6. The molecule has 0 amide bonds. The molecule has 0 heterocycles. The zero-order chi connectivity index (χ0) is 64.9. The fourth-order valence-corrected chi connectivity index (χ4v) is 10.1. The van der Waals surface area contributed by atoms with E-state index in [2.05, 4.69) is 14.7 Å². The zero-order valence-electron chi connectivity index (χ0n) is 49.6. The van der Waals surface area contributed by atoms with Gasteiger partial charge in [0.05, 0.1) is 34.9 Å². The molecule has 12 aromatic rings. The minimum atomic E-state index is -0.715. The van der Waals surface area contributed by atoms with Gasteiger partial charge in [-0.25, -0.2) is 26.3 Å². The Morgan fingerprint density at radius 3 is 0.548 bits per heavy atom. The third-order valence-corrected chi connectivity index (χ3v) is 14.4. The third-order valence-electron chi connectivity index (χ3n) is 14.4. The van der Waals surface area contributed by atoms with E-state index < -0.39 is 34.9 Å². The summed E-state index contributed by atoms with van der Waals surface area (Å²) < 4.78 is 81.3. The number of allylic oxidation sites excluding steroid dienone is 3. The molecule has 0 spiro atoms. The highest BCUT2D eigenvalue weighted by molar-refractivity contribution is 5.92. The Bertz CT molecular complexity index is 4030. The van der Waals surface area contributed by atoms with Gasteiger partial charge < -0.3 is 14.7 Å². The largest absolute Gasteiger partial charge is 0.311 e. The lowest BCUT2D eigenvalue weighted by atomic mass is 10.0. The number of hydrogen-bond acceptors (Lipinski definition) is 6. The van der Waals surface area contributed by atoms with Crippen molar-refractivity contribution in [3.63, 3.8) is 0 Å². The summed E-state index contributed by atoms with van der Waals surface area (Å²) >= 11 is 0. The lowest BCUT2D eigenvalue weighted by Gasteiger charge is -2.25. The summed E-state index contributed by atoms with van der Waals surface area (Å²) in [5.41, 5.74) is 12.4. The van der Waals surface area contributed by atoms with Crippen molar-refractivity contribution in [3.05, 3.63) is 378 Å². The van der Waals surface area contributed by atoms with Crippen molar-refractivity contribution in [2.24, 2.45) is 0 Å². The van der Waals surface area contributed by atoms with Crippen LogP contribution in [0.3, 0.4) is 0 Å². The zero-order valence-corrected chi connectivity index (χ0v) is 49.6. The number of hydrogen-bond donors (Lipinski definition) is 0. The molecule has 0 fully saturated rings. The van der Waals surface area contributed by atoms with Crippen LogP contribution in [0.4, 0.5) is 77.5 Å². The minimum Gasteiger partial charge on any atom is -0.311 e. The number of benzene rings is 12. The standard InChI is InChI=1S/3C27H18F2N2/c3*28-23-16-21(17-24(29)18-23)22(19-30)15-20-11-13-27(14-12-20)31(25-7-3-1-4-8-25)26-9-5-2-6-10-26/h3*1-18H/b3*22-15+. The van der Waals surface area contributed by atoms with E-state index in [-0.39, 0.29) is 33.4 Å². The molecule has 0 bridgehead atoms. The maximum atomic E-state index is 13.5. The second-order valence-electron chi connectivity index (χ2n) is 20.8. The van der Waals surface area contributed by atoms with Crippen molar-refractivity contribution in [3.8, 4) is 18.2 Å². The molecule has 12 heteroatoms. The van der Waals surface area contributed by atoms with Gasteiger partial charge in [0.2, 0.25) is 0 Å². The molecule has 0 radical (unpaired) electrons. The maximum Gasteiger partial charge on any atom is 0.126 e. The average Bonchev–Trinajstić information content (AvgIpc) is 1.16. The van der Waals surface area contributed by atoms with E-state index in [4.69, 9.17) is 0 Å². The number of rotatable bonds is 15. The van der Waals surface area contributed by atoms with Gasteiger partial charge in [0.25, 0.3) is 0 Å². The highest BCUT2D eigenvalue weighted by atomic mass is 19.2. The lowest BCUT2D eigenvalue weighted by molar-refractivity contribution is 0.582. The van der Waals surface area contributed by atoms with Gasteiger partial charge in [-0.1, -0.05) is 146 Å². The Balaban J connectivity index is 0.000000153. The van der Waals surface area contributed by atoms with E-state index in [0.717, 1.165) is 122 Å². The number of anilines is 9. The summed E-state index contributed by atoms with van der Waals surface area (Å²) in [4.78, 5) is 6.38. The van der Waals surface area contributed by atoms with Gasteiger partial charge in [0.15, 0.2) is 0 Å². The van der Waals surface area contributed by atoms with Gasteiger partial charge in [0.1, 0.15) is 34.9 Å². The monoisotopic (exact) mass is 1220 g/mol. The van der Waals surface area contributed by atoms with Crippen LogP contribution in [0.25, 0.3) is 34.9 Å². The smallest absolute Gasteiger partial charge is 0.126 e. The van der Waals surface area contributed by atoms with Gasteiger partial charge in [-0.2, -0.15) is 15.8 Å². The van der Waals surface area contributed by atoms with E-state index in [1.807, 2.05) is 273 Å². The molecule has 12 rings (SSSR count). The van der Waals surface area contributed by atoms with E-state index in [1.54, 1.807) is 18.2 Å². The summed E-state index contributed by atoms with van der Waals surface area (Å²) in [6.07, 6.45) is 4.86. The van der Waals surface area contributed by atoms with Crippen molar-refractivity contribution < 1.29 is 26.3 Å². The molecule has 93 heavy (non-hydrogen) atoms. The normalized spacial score (nSPS) is 11.1. The SMILES string of the molecule is N#C/C(=C\c1ccc(N(c2ccccc2)c2ccccc2)cc1)c1cc(F)cc(F)c1.N#C/C(=C\c1ccc(N(c2ccccc2)c2ccccc2)cc1)c1cc(F)cc(F)c1.N#C/C(=C\c1ccc(N(c2ccccc2)c2ccccc2)cc1)c1cc(F)cc(F)c1. The number of para-hydroxylation sites is 6. The molecule has 0 saturated heterocycles. The van der Waals surface area contributed by atoms with E-state index in [1.165, 1.54) is 0 Å². The topological polar surface area (TPSA) is 81.1 Å². The summed E-state index contributed by atoms with van der Waals surface area (Å²) in [6.45, 7) is 0. The van der Waals surface area contributed by atoms with Crippen molar-refractivity contribution in [2.75, 3.05) is 14.7 Å². The van der Waals surface area contributed by atoms with Crippen LogP contribution < -0.4 is 14.7 Å². The molecule has 0 atom stereocenters. The summed E-state index contributed by atoms with van der Waals surface area (Å²) in [7, 11) is 0. The van der Waals surface area contributed by atoms with Gasteiger partial charge in [-0.3, -0.25) is 0 Å². The fourth-order valence-electron chi connectivity index (χ4n) is 10.1. The van der Waals surface area contributed by atoms with Crippen molar-refractivity contribution in [1.82, 2.24) is 0 Å². The van der Waals surface area contributed by atoms with E-state index in [9.17, 15) is 42.1 Å². The molecule has 0 aliphatic carbocycles. The fraction of sp³-hybridized carbons (Fsp3) is 0. The molecule has 0 aromatic heterocycles. The Labute approximate surface area is 536 Å². The third kappa shape index (κ3) is 16.9. The van der Waals surface area contributed by atoms with Gasteiger partial charge >= 0.3 is 0 Å². The quantitative estimate of drug-likeness (QED) is 0.0578. The van der Waals surface area contributed by atoms with Crippen LogP contribution >= 0.6 is 0 Å². The number of nitrogens with zero attached hydrogens (tertiary/aromatic N) is 6. The average molecular weight is 1230 g/mol. The minimum absolute atomic E-state index is 0.189. The molecule has 0 unspecified atom stereocenters. The van der Waals surface area contributed by atoms with Crippen molar-refractivity contribution in [1.29, 1.82) is 15.8 Å². The second-order valence-corrected chi connectivity index (χ2v) is 20.8. The van der Waals surface area contributed by atoms with Crippen LogP contribution in [-0.4, -0.2) is 0 Å². The molecule has 0 aliphatic rings. The Kier molecular flexibility index (Phi) is 21.1. The van der Waals surface area contributed by atoms with Crippen LogP contribution in [0.2, 0.25) is 0 Å². The molecule has 0 aliphatic heterocycles. The molecule has 0 saturated carbocycles. The second kappa shape index (κ2) is 31.0. The summed E-state index contributed by atoms with van der Waals surface area (Å²) in [6, 6.07) is 98.4. The predicted molar refractivity (Wildman–Crippen MR) is 363 cm³/mol. The lowest BCUT2D eigenvalue weighted by Crippen LogP contribution is -2.09. The van der Waals surface area contributed by atoms with Crippen LogP contribution in [0.1, 0.15) is 33.4 Å². The first-order valence-electron chi connectivity index (χ1n) is 29.2. The first-order chi connectivity index (χ1) is 45.4. The van der Waals surface area contributed by atoms with Gasteiger partial charge in [-0.05, 0) is 197 Å². The van der Waals surface area contributed by atoms with E-state index in [0.29, 0.717) is 0 Å².